The molecule has 2 unspecified atom stereocenters. The Labute approximate surface area is 228 Å². The summed E-state index contributed by atoms with van der Waals surface area (Å²) < 4.78 is 6.20. The minimum atomic E-state index is -0.106. The summed E-state index contributed by atoms with van der Waals surface area (Å²) in [6.07, 6.45) is -0.161. The Morgan fingerprint density at radius 2 is 1.18 bits per heavy atom. The van der Waals surface area contributed by atoms with Crippen LogP contribution in [0.1, 0.15) is 29.0 Å². The van der Waals surface area contributed by atoms with Crippen LogP contribution < -0.4 is 15.0 Å². The molecule has 5 aromatic rings. The Morgan fingerprint density at radius 3 is 1.82 bits per heavy atom. The van der Waals surface area contributed by atoms with Crippen LogP contribution in [0, 0.1) is 0 Å². The number of ether oxygens (including phenoxy) is 1. The zero-order valence-corrected chi connectivity index (χ0v) is 21.6. The van der Waals surface area contributed by atoms with E-state index in [-0.39, 0.29) is 12.3 Å². The van der Waals surface area contributed by atoms with Crippen molar-refractivity contribution in [2.45, 2.75) is 12.3 Å². The quantitative estimate of drug-likeness (QED) is 0.262. The maximum atomic E-state index is 6.20. The Hall–Kier alpha value is -4.87. The smallest absolute Gasteiger partial charge is 0.151 e. The molecule has 2 heterocycles. The van der Waals surface area contributed by atoms with E-state index in [2.05, 4.69) is 107 Å². The number of hydrogen-bond acceptors (Lipinski definition) is 5. The van der Waals surface area contributed by atoms with Gasteiger partial charge in [-0.25, -0.2) is 4.99 Å². The fourth-order valence-corrected chi connectivity index (χ4v) is 5.42. The predicted molar refractivity (Wildman–Crippen MR) is 157 cm³/mol. The predicted octanol–water partition coefficient (Wildman–Crippen LogP) is 7.94. The molecule has 0 saturated carbocycles. The number of rotatable bonds is 4. The van der Waals surface area contributed by atoms with E-state index in [1.165, 1.54) is 5.56 Å². The Kier molecular flexibility index (Phi) is 5.83. The highest BCUT2D eigenvalue weighted by Gasteiger charge is 2.32. The first-order valence-corrected chi connectivity index (χ1v) is 13.2. The van der Waals surface area contributed by atoms with Gasteiger partial charge in [0, 0.05) is 11.3 Å². The first kappa shape index (κ1) is 23.3. The molecule has 5 nitrogen and oxygen atoms in total. The van der Waals surface area contributed by atoms with Crippen molar-refractivity contribution in [3.05, 3.63) is 150 Å². The number of aliphatic imine (C=N–C) groups is 1. The van der Waals surface area contributed by atoms with Gasteiger partial charge in [0.1, 0.15) is 18.2 Å². The molecule has 2 aliphatic heterocycles. The van der Waals surface area contributed by atoms with Gasteiger partial charge in [-0.1, -0.05) is 97.1 Å². The normalized spacial score (nSPS) is 18.3. The summed E-state index contributed by atoms with van der Waals surface area (Å²) in [6, 6.07) is 46.0. The third-order valence-corrected chi connectivity index (χ3v) is 7.36. The fourth-order valence-electron chi connectivity index (χ4n) is 5.42. The molecule has 0 saturated heterocycles. The van der Waals surface area contributed by atoms with Crippen molar-refractivity contribution in [1.82, 2.24) is 10.2 Å². The average Bonchev–Trinajstić information content (AvgIpc) is 3.01. The van der Waals surface area contributed by atoms with Crippen molar-refractivity contribution in [1.29, 1.82) is 0 Å². The van der Waals surface area contributed by atoms with E-state index in [0.29, 0.717) is 0 Å². The van der Waals surface area contributed by atoms with Gasteiger partial charge in [-0.15, -0.1) is 0 Å². The van der Waals surface area contributed by atoms with Gasteiger partial charge in [0.05, 0.1) is 11.4 Å². The highest BCUT2D eigenvalue weighted by Crippen LogP contribution is 2.50. The molecule has 0 aliphatic carbocycles. The van der Waals surface area contributed by atoms with Crippen LogP contribution in [0.25, 0.3) is 0 Å². The average molecular weight is 509 g/mol. The van der Waals surface area contributed by atoms with E-state index >= 15 is 0 Å². The summed E-state index contributed by atoms with van der Waals surface area (Å²) in [7, 11) is 2.13. The molecule has 0 bridgehead atoms. The molecular weight excluding hydrogens is 480 g/mol. The number of benzene rings is 5. The largest absolute Gasteiger partial charge is 0.453 e. The van der Waals surface area contributed by atoms with E-state index in [9.17, 15) is 0 Å². The molecule has 0 amide bonds. The molecule has 39 heavy (non-hydrogen) atoms. The summed E-state index contributed by atoms with van der Waals surface area (Å²) >= 11 is 0. The van der Waals surface area contributed by atoms with E-state index < -0.39 is 0 Å². The van der Waals surface area contributed by atoms with Crippen molar-refractivity contribution in [3.63, 3.8) is 0 Å². The molecular formula is C34H28N4O. The van der Waals surface area contributed by atoms with Crippen molar-refractivity contribution >= 4 is 22.9 Å². The van der Waals surface area contributed by atoms with Crippen LogP contribution in [0.4, 0.5) is 17.1 Å². The lowest BCUT2D eigenvalue weighted by molar-refractivity contribution is 0.152. The molecule has 0 radical (unpaired) electrons. The third kappa shape index (κ3) is 4.23. The summed E-state index contributed by atoms with van der Waals surface area (Å²) in [5.41, 5.74) is 6.55. The van der Waals surface area contributed by atoms with Gasteiger partial charge in [0.25, 0.3) is 0 Å². The molecule has 7 rings (SSSR count). The van der Waals surface area contributed by atoms with Crippen LogP contribution in [0.5, 0.6) is 11.5 Å². The maximum Gasteiger partial charge on any atom is 0.151 e. The van der Waals surface area contributed by atoms with Crippen molar-refractivity contribution < 1.29 is 4.74 Å². The van der Waals surface area contributed by atoms with Crippen LogP contribution in [-0.2, 0) is 0 Å². The van der Waals surface area contributed by atoms with Crippen molar-refractivity contribution in [2.24, 2.45) is 4.99 Å². The SMILES string of the molecule is CN1C(c2ccccc2)N=C(c2ccccc2)NC1c1ccc(N2c3ccccc3Oc3ccccc32)cc1. The molecule has 5 heteroatoms. The standard InChI is InChI=1S/C34H28N4O/c1-37-33(25-14-6-3-7-15-25)35-32(24-12-4-2-5-13-24)36-34(37)26-20-22-27(23-21-26)38-28-16-8-10-18-30(28)39-31-19-11-9-17-29(31)38/h2-23,33-34H,1H3,(H,35,36). The zero-order valence-electron chi connectivity index (χ0n) is 21.6. The molecule has 190 valence electrons. The number of nitrogens with zero attached hydrogens (tertiary/aromatic N) is 3. The third-order valence-electron chi connectivity index (χ3n) is 7.36. The van der Waals surface area contributed by atoms with Crippen molar-refractivity contribution in [2.75, 3.05) is 11.9 Å². The van der Waals surface area contributed by atoms with Crippen LogP contribution in [0.3, 0.4) is 0 Å². The summed E-state index contributed by atoms with van der Waals surface area (Å²) in [5, 5.41) is 3.71. The second-order valence-electron chi connectivity index (χ2n) is 9.80. The number of anilines is 3. The molecule has 0 aromatic heterocycles. The molecule has 0 spiro atoms. The monoisotopic (exact) mass is 508 g/mol. The highest BCUT2D eigenvalue weighted by molar-refractivity contribution is 5.99. The van der Waals surface area contributed by atoms with Crippen LogP contribution in [0.15, 0.2) is 138 Å². The number of amidine groups is 1. The molecule has 2 atom stereocenters. The minimum absolute atomic E-state index is 0.0544. The molecule has 1 N–H and O–H groups in total. The van der Waals surface area contributed by atoms with E-state index in [1.54, 1.807) is 0 Å². The number of nitrogens with one attached hydrogen (secondary N) is 1. The van der Waals surface area contributed by atoms with Crippen molar-refractivity contribution in [3.8, 4) is 11.5 Å². The van der Waals surface area contributed by atoms with Gasteiger partial charge in [0.2, 0.25) is 0 Å². The van der Waals surface area contributed by atoms with Gasteiger partial charge < -0.3 is 15.0 Å². The molecule has 2 aliphatic rings. The summed E-state index contributed by atoms with van der Waals surface area (Å²) in [6.45, 7) is 0. The molecule has 5 aromatic carbocycles. The zero-order chi connectivity index (χ0) is 26.2. The minimum Gasteiger partial charge on any atom is -0.453 e. The summed E-state index contributed by atoms with van der Waals surface area (Å²) in [5.74, 6) is 2.60. The van der Waals surface area contributed by atoms with Gasteiger partial charge >= 0.3 is 0 Å². The van der Waals surface area contributed by atoms with Gasteiger partial charge in [-0.2, -0.15) is 0 Å². The van der Waals surface area contributed by atoms with Gasteiger partial charge in [-0.3, -0.25) is 4.90 Å². The van der Waals surface area contributed by atoms with E-state index in [0.717, 1.165) is 45.5 Å². The fraction of sp³-hybridized carbons (Fsp3) is 0.0882. The van der Waals surface area contributed by atoms with Crippen LogP contribution >= 0.6 is 0 Å². The van der Waals surface area contributed by atoms with Gasteiger partial charge in [-0.05, 0) is 54.6 Å². The first-order chi connectivity index (χ1) is 19.3. The number of fused-ring (bicyclic) bond motifs is 2. The molecule has 0 fully saturated rings. The van der Waals surface area contributed by atoms with Crippen LogP contribution in [0.2, 0.25) is 0 Å². The summed E-state index contributed by atoms with van der Waals surface area (Å²) in [4.78, 5) is 9.68. The highest BCUT2D eigenvalue weighted by atomic mass is 16.5. The van der Waals surface area contributed by atoms with E-state index in [1.807, 2.05) is 48.5 Å². The second-order valence-corrected chi connectivity index (χ2v) is 9.80. The Balaban J connectivity index is 1.26. The Bertz CT molecular complexity index is 1590. The Morgan fingerprint density at radius 1 is 0.615 bits per heavy atom. The first-order valence-electron chi connectivity index (χ1n) is 13.2. The second kappa shape index (κ2) is 9.78. The van der Waals surface area contributed by atoms with Gasteiger partial charge in [0.15, 0.2) is 11.5 Å². The van der Waals surface area contributed by atoms with Crippen LogP contribution in [-0.4, -0.2) is 17.8 Å². The number of para-hydroxylation sites is 4. The lowest BCUT2D eigenvalue weighted by atomic mass is 10.0. The number of hydrogen-bond donors (Lipinski definition) is 1. The maximum absolute atomic E-state index is 6.20. The lowest BCUT2D eigenvalue weighted by Crippen LogP contribution is -2.45. The topological polar surface area (TPSA) is 40.1 Å². The van der Waals surface area contributed by atoms with E-state index in [4.69, 9.17) is 9.73 Å². The lowest BCUT2D eigenvalue weighted by Gasteiger charge is -2.39.